The Hall–Kier alpha value is -1.77. The second-order valence-electron chi connectivity index (χ2n) is 4.04. The zero-order valence-corrected chi connectivity index (χ0v) is 12.1. The number of hydrogen-bond donors (Lipinski definition) is 1. The number of carbonyl (C=O) groups excluding carboxylic acids is 1. The van der Waals surface area contributed by atoms with Crippen molar-refractivity contribution in [3.05, 3.63) is 40.6 Å². The molecule has 1 N–H and O–H groups in total. The Balaban J connectivity index is 0.000000411. The molecule has 0 aromatic heterocycles. The molecule has 0 atom stereocenters. The first-order valence-electron chi connectivity index (χ1n) is 5.91. The lowest BCUT2D eigenvalue weighted by molar-refractivity contribution is 0.112. The van der Waals surface area contributed by atoms with Crippen LogP contribution >= 0.6 is 0 Å². The van der Waals surface area contributed by atoms with E-state index in [0.29, 0.717) is 11.3 Å². The van der Waals surface area contributed by atoms with Crippen LogP contribution in [0.15, 0.2) is 23.9 Å². The van der Waals surface area contributed by atoms with E-state index in [9.17, 15) is 4.79 Å². The highest BCUT2D eigenvalue weighted by Gasteiger charge is 2.05. The summed E-state index contributed by atoms with van der Waals surface area (Å²) in [6, 6.07) is 3.81. The minimum atomic E-state index is 0.620. The number of aldehydes is 1. The first-order valence-corrected chi connectivity index (χ1v) is 5.91. The van der Waals surface area contributed by atoms with Crippen LogP contribution in [0, 0.1) is 13.8 Å². The van der Waals surface area contributed by atoms with Gasteiger partial charge in [-0.2, -0.15) is 0 Å². The maximum atomic E-state index is 10.6. The van der Waals surface area contributed by atoms with Crippen LogP contribution in [0.25, 0.3) is 0 Å². The maximum absolute atomic E-state index is 10.6. The Morgan fingerprint density at radius 3 is 2.28 bits per heavy atom. The van der Waals surface area contributed by atoms with Crippen molar-refractivity contribution in [3.63, 3.8) is 0 Å². The molecule has 0 unspecified atom stereocenters. The second kappa shape index (κ2) is 8.34. The third-order valence-electron chi connectivity index (χ3n) is 2.61. The fourth-order valence-electron chi connectivity index (χ4n) is 1.50. The monoisotopic (exact) mass is 249 g/mol. The van der Waals surface area contributed by atoms with E-state index >= 15 is 0 Å². The fourth-order valence-corrected chi connectivity index (χ4v) is 1.50. The van der Waals surface area contributed by atoms with Gasteiger partial charge in [0.15, 0.2) is 6.29 Å². The topological polar surface area (TPSA) is 38.3 Å². The third-order valence-corrected chi connectivity index (χ3v) is 2.61. The number of ether oxygens (including phenoxy) is 1. The van der Waals surface area contributed by atoms with Crippen LogP contribution in [0.1, 0.15) is 35.3 Å². The Morgan fingerprint density at radius 2 is 1.94 bits per heavy atom. The summed E-state index contributed by atoms with van der Waals surface area (Å²) in [5.41, 5.74) is 3.92. The van der Waals surface area contributed by atoms with Gasteiger partial charge in [0.1, 0.15) is 5.75 Å². The van der Waals surface area contributed by atoms with Crippen molar-refractivity contribution in [2.24, 2.45) is 0 Å². The lowest BCUT2D eigenvalue weighted by Gasteiger charge is -2.07. The number of methoxy groups -OCH3 is 1. The van der Waals surface area contributed by atoms with Gasteiger partial charge in [-0.15, -0.1) is 0 Å². The molecule has 0 radical (unpaired) electrons. The molecule has 18 heavy (non-hydrogen) atoms. The molecular formula is C15H23NO2. The molecular weight excluding hydrogens is 226 g/mol. The van der Waals surface area contributed by atoms with Gasteiger partial charge < -0.3 is 10.1 Å². The van der Waals surface area contributed by atoms with Gasteiger partial charge in [0, 0.05) is 12.7 Å². The lowest BCUT2D eigenvalue weighted by atomic mass is 10.1. The number of rotatable bonds is 3. The lowest BCUT2D eigenvalue weighted by Crippen LogP contribution is -1.99. The summed E-state index contributed by atoms with van der Waals surface area (Å²) in [5, 5.41) is 2.98. The minimum Gasteiger partial charge on any atom is -0.496 e. The Kier molecular flexibility index (Phi) is 7.52. The molecule has 1 aromatic rings. The second-order valence-corrected chi connectivity index (χ2v) is 4.04. The molecule has 3 heteroatoms. The third kappa shape index (κ3) is 5.04. The molecule has 0 spiro atoms. The summed E-state index contributed by atoms with van der Waals surface area (Å²) in [6.07, 6.45) is 2.85. The predicted octanol–water partition coefficient (Wildman–Crippen LogP) is 3.25. The molecule has 0 amide bonds. The smallest absolute Gasteiger partial charge is 0.153 e. The average molecular weight is 249 g/mol. The minimum absolute atomic E-state index is 0.620. The summed E-state index contributed by atoms with van der Waals surface area (Å²) < 4.78 is 5.09. The summed E-state index contributed by atoms with van der Waals surface area (Å²) in [4.78, 5) is 10.6. The van der Waals surface area contributed by atoms with Gasteiger partial charge in [0.2, 0.25) is 0 Å². The number of nitrogens with one attached hydrogen (secondary N) is 1. The van der Waals surface area contributed by atoms with E-state index in [-0.39, 0.29) is 0 Å². The van der Waals surface area contributed by atoms with Gasteiger partial charge in [-0.05, 0) is 44.9 Å². The van der Waals surface area contributed by atoms with Crippen molar-refractivity contribution in [2.45, 2.75) is 27.7 Å². The van der Waals surface area contributed by atoms with Crippen LogP contribution in [0.2, 0.25) is 0 Å². The van der Waals surface area contributed by atoms with E-state index in [0.717, 1.165) is 17.4 Å². The molecule has 0 fully saturated rings. The van der Waals surface area contributed by atoms with Crippen LogP contribution in [0.3, 0.4) is 0 Å². The van der Waals surface area contributed by atoms with Crippen LogP contribution in [0.4, 0.5) is 0 Å². The Morgan fingerprint density at radius 1 is 1.33 bits per heavy atom. The number of hydrogen-bond acceptors (Lipinski definition) is 3. The molecule has 3 nitrogen and oxygen atoms in total. The molecule has 0 bridgehead atoms. The number of aryl methyl sites for hydroxylation is 2. The Bertz CT molecular complexity index is 423. The normalized spacial score (nSPS) is 10.2. The Labute approximate surface area is 110 Å². The zero-order chi connectivity index (χ0) is 14.1. The molecule has 100 valence electrons. The van der Waals surface area contributed by atoms with Crippen LogP contribution in [-0.2, 0) is 0 Å². The molecule has 0 aliphatic carbocycles. The van der Waals surface area contributed by atoms with Crippen LogP contribution in [0.5, 0.6) is 5.75 Å². The quantitative estimate of drug-likeness (QED) is 0.836. The summed E-state index contributed by atoms with van der Waals surface area (Å²) >= 11 is 0. The van der Waals surface area contributed by atoms with Crippen molar-refractivity contribution in [3.8, 4) is 5.75 Å². The predicted molar refractivity (Wildman–Crippen MR) is 76.3 cm³/mol. The number of carbonyl (C=O) groups is 1. The van der Waals surface area contributed by atoms with Crippen molar-refractivity contribution < 1.29 is 9.53 Å². The molecule has 0 aliphatic rings. The summed E-state index contributed by atoms with van der Waals surface area (Å²) in [7, 11) is 3.49. The summed E-state index contributed by atoms with van der Waals surface area (Å²) in [6.45, 7) is 7.92. The van der Waals surface area contributed by atoms with Gasteiger partial charge in [0.05, 0.1) is 12.7 Å². The maximum Gasteiger partial charge on any atom is 0.153 e. The van der Waals surface area contributed by atoms with E-state index in [4.69, 9.17) is 4.74 Å². The molecule has 0 saturated heterocycles. The molecule has 1 rings (SSSR count). The van der Waals surface area contributed by atoms with Gasteiger partial charge in [-0.1, -0.05) is 12.1 Å². The van der Waals surface area contributed by atoms with Gasteiger partial charge in [0.25, 0.3) is 0 Å². The number of benzene rings is 1. The van der Waals surface area contributed by atoms with Gasteiger partial charge >= 0.3 is 0 Å². The van der Waals surface area contributed by atoms with Gasteiger partial charge in [-0.25, -0.2) is 0 Å². The first kappa shape index (κ1) is 16.2. The van der Waals surface area contributed by atoms with E-state index in [1.54, 1.807) is 7.11 Å². The van der Waals surface area contributed by atoms with E-state index in [2.05, 4.69) is 5.32 Å². The van der Waals surface area contributed by atoms with Crippen LogP contribution in [-0.4, -0.2) is 20.4 Å². The van der Waals surface area contributed by atoms with Crippen molar-refractivity contribution >= 4 is 6.29 Å². The van der Waals surface area contributed by atoms with Crippen molar-refractivity contribution in [2.75, 3.05) is 14.2 Å². The summed E-state index contributed by atoms with van der Waals surface area (Å²) in [5.74, 6) is 0.676. The first-order chi connectivity index (χ1) is 8.49. The van der Waals surface area contributed by atoms with Crippen molar-refractivity contribution in [1.82, 2.24) is 5.32 Å². The zero-order valence-electron chi connectivity index (χ0n) is 12.1. The highest BCUT2D eigenvalue weighted by molar-refractivity contribution is 5.80. The molecule has 0 aliphatic heterocycles. The SMILES string of the molecule is C/C=C(\C)NC.COc1c(C)cc(C)cc1C=O. The highest BCUT2D eigenvalue weighted by Crippen LogP contribution is 2.23. The standard InChI is InChI=1S/C10H12O2.C5H11N/c1-7-4-8(2)10(12-3)9(5-7)6-11;1-4-5(2)6-3/h4-6H,1-3H3;4,6H,1-3H3/b;5-4+. The van der Waals surface area contributed by atoms with Gasteiger partial charge in [-0.3, -0.25) is 4.79 Å². The largest absolute Gasteiger partial charge is 0.496 e. The average Bonchev–Trinajstić information content (AvgIpc) is 2.37. The van der Waals surface area contributed by atoms with Crippen molar-refractivity contribution in [1.29, 1.82) is 0 Å². The molecule has 0 saturated carbocycles. The highest BCUT2D eigenvalue weighted by atomic mass is 16.5. The van der Waals surface area contributed by atoms with E-state index in [1.165, 1.54) is 5.70 Å². The van der Waals surface area contributed by atoms with Crippen LogP contribution < -0.4 is 10.1 Å². The molecule has 0 heterocycles. The fraction of sp³-hybridized carbons (Fsp3) is 0.400. The molecule has 1 aromatic carbocycles. The van der Waals surface area contributed by atoms with E-state index < -0.39 is 0 Å². The van der Waals surface area contributed by atoms with E-state index in [1.807, 2.05) is 53.0 Å². The number of allylic oxidation sites excluding steroid dienone is 2.